The maximum Gasteiger partial charge on any atom is 0.475 e. The van der Waals surface area contributed by atoms with Crippen molar-refractivity contribution in [3.8, 4) is 11.3 Å². The zero-order chi connectivity index (χ0) is 27.6. The van der Waals surface area contributed by atoms with Crippen molar-refractivity contribution in [1.29, 1.82) is 0 Å². The first-order valence-corrected chi connectivity index (χ1v) is 16.1. The van der Waals surface area contributed by atoms with E-state index in [0.717, 1.165) is 62.6 Å². The molecule has 7 nitrogen and oxygen atoms in total. The molecule has 9 heteroatoms. The molecule has 2 saturated carbocycles. The summed E-state index contributed by atoms with van der Waals surface area (Å²) in [4.78, 5) is 18.3. The third-order valence-corrected chi connectivity index (χ3v) is 10.5. The minimum atomic E-state index is -3.69. The number of fused-ring (bicyclic) bond motifs is 5. The number of halogens is 1. The van der Waals surface area contributed by atoms with E-state index in [1.165, 1.54) is 6.07 Å². The number of aromatic nitrogens is 2. The van der Waals surface area contributed by atoms with Gasteiger partial charge in [0.2, 0.25) is 0 Å². The predicted molar refractivity (Wildman–Crippen MR) is 148 cm³/mol. The number of imidazole rings is 1. The van der Waals surface area contributed by atoms with Gasteiger partial charge in [-0.05, 0) is 62.8 Å². The molecule has 4 unspecified atom stereocenters. The smallest absolute Gasteiger partial charge is 0.322 e. The van der Waals surface area contributed by atoms with E-state index in [0.29, 0.717) is 31.1 Å². The number of unbranched alkanes of at least 4 members (excludes halogenated alkanes) is 2. The summed E-state index contributed by atoms with van der Waals surface area (Å²) in [6, 6.07) is 4.68. The number of ketones is 1. The van der Waals surface area contributed by atoms with Gasteiger partial charge in [0.25, 0.3) is 0 Å². The van der Waals surface area contributed by atoms with Crippen LogP contribution in [0.5, 0.6) is 0 Å². The number of phosphoric acid groups is 1. The van der Waals surface area contributed by atoms with Crippen LogP contribution in [-0.4, -0.2) is 34.7 Å². The highest BCUT2D eigenvalue weighted by molar-refractivity contribution is 7.48. The normalized spacial score (nSPS) is 27.8. The minimum absolute atomic E-state index is 0.0979. The molecule has 39 heavy (non-hydrogen) atoms. The average Bonchev–Trinajstić information content (AvgIpc) is 3.49. The zero-order valence-corrected chi connectivity index (χ0v) is 24.3. The van der Waals surface area contributed by atoms with E-state index in [1.54, 1.807) is 18.6 Å². The summed E-state index contributed by atoms with van der Waals surface area (Å²) in [5, 5.41) is 0. The Morgan fingerprint density at radius 1 is 1.15 bits per heavy atom. The average molecular weight is 561 g/mol. The van der Waals surface area contributed by atoms with Crippen molar-refractivity contribution in [1.82, 2.24) is 9.55 Å². The Hall–Kier alpha value is -1.86. The summed E-state index contributed by atoms with van der Waals surface area (Å²) >= 11 is 0. The van der Waals surface area contributed by atoms with Gasteiger partial charge in [-0.25, -0.2) is 13.9 Å². The van der Waals surface area contributed by atoms with Crippen LogP contribution in [-0.2, 0) is 22.9 Å². The van der Waals surface area contributed by atoms with Crippen LogP contribution in [0.1, 0.15) is 96.6 Å². The van der Waals surface area contributed by atoms with Crippen LogP contribution in [0.15, 0.2) is 30.7 Å². The lowest BCUT2D eigenvalue weighted by atomic mass is 9.59. The second-order valence-corrected chi connectivity index (χ2v) is 13.5. The fraction of sp³-hybridized carbons (Fsp3) is 0.667. The van der Waals surface area contributed by atoms with Gasteiger partial charge >= 0.3 is 7.82 Å². The molecule has 214 valence electrons. The molecule has 2 fully saturated rings. The van der Waals surface area contributed by atoms with Gasteiger partial charge in [-0.3, -0.25) is 18.4 Å². The van der Waals surface area contributed by atoms with E-state index in [2.05, 4.69) is 25.8 Å². The van der Waals surface area contributed by atoms with Crippen LogP contribution in [0.3, 0.4) is 0 Å². The number of phosphoric ester groups is 1. The monoisotopic (exact) mass is 560 g/mol. The van der Waals surface area contributed by atoms with Crippen LogP contribution in [0.25, 0.3) is 11.3 Å². The zero-order valence-electron chi connectivity index (χ0n) is 23.4. The first-order valence-electron chi connectivity index (χ1n) is 14.7. The largest absolute Gasteiger partial charge is 0.475 e. The van der Waals surface area contributed by atoms with Crippen molar-refractivity contribution in [3.05, 3.63) is 42.1 Å². The fourth-order valence-electron chi connectivity index (χ4n) is 6.93. The quantitative estimate of drug-likeness (QED) is 0.183. The van der Waals surface area contributed by atoms with Crippen molar-refractivity contribution in [2.45, 2.75) is 97.1 Å². The standard InChI is InChI=1S/C30H42FN2O5P/c1-4-6-13-36-39(35,37-14-7-5-2)38-27-12-11-21-15-22(27)18-30(3,17-21)28(34)16-25-29-23(9-8-10-24(29)31)26-19-32-20-33(25)26/h8-10,19-22,25,27H,4-7,11-18H2,1-3H3/t21?,22?,25?,27-,30?/m1/s1. The SMILES string of the molecule is CCCCOP(=O)(OCCCC)O[C@@H]1CCC2CC1CC(C)(C(=O)CC1c3c(F)cccc3-c3cncn31)C2. The molecule has 0 N–H and O–H groups in total. The van der Waals surface area contributed by atoms with Crippen LogP contribution < -0.4 is 0 Å². The van der Waals surface area contributed by atoms with Gasteiger partial charge < -0.3 is 4.57 Å². The maximum atomic E-state index is 15.0. The van der Waals surface area contributed by atoms with Gasteiger partial charge in [-0.1, -0.05) is 45.7 Å². The number of hydrogen-bond acceptors (Lipinski definition) is 6. The van der Waals surface area contributed by atoms with E-state index in [4.69, 9.17) is 13.6 Å². The molecule has 2 aliphatic carbocycles. The van der Waals surface area contributed by atoms with Gasteiger partial charge in [0.05, 0.1) is 43.6 Å². The van der Waals surface area contributed by atoms with Crippen LogP contribution >= 0.6 is 7.82 Å². The molecule has 1 aromatic carbocycles. The number of carbonyl (C=O) groups is 1. The molecule has 1 aliphatic heterocycles. The summed E-state index contributed by atoms with van der Waals surface area (Å²) in [6.45, 7) is 6.84. The van der Waals surface area contributed by atoms with E-state index in [9.17, 15) is 13.8 Å². The molecule has 2 bridgehead atoms. The molecular weight excluding hydrogens is 518 g/mol. The Kier molecular flexibility index (Phi) is 8.77. The topological polar surface area (TPSA) is 79.7 Å². The van der Waals surface area contributed by atoms with Crippen molar-refractivity contribution >= 4 is 13.6 Å². The molecular formula is C30H42FN2O5P. The van der Waals surface area contributed by atoms with Gasteiger partial charge in [-0.2, -0.15) is 0 Å². The van der Waals surface area contributed by atoms with Crippen LogP contribution in [0, 0.1) is 23.1 Å². The van der Waals surface area contributed by atoms with E-state index >= 15 is 0 Å². The number of nitrogens with zero attached hydrogens (tertiary/aromatic N) is 2. The molecule has 0 spiro atoms. The van der Waals surface area contributed by atoms with E-state index in [1.807, 2.05) is 10.6 Å². The highest BCUT2D eigenvalue weighted by Gasteiger charge is 2.49. The summed E-state index contributed by atoms with van der Waals surface area (Å²) in [7, 11) is -3.69. The van der Waals surface area contributed by atoms with Crippen LogP contribution in [0.2, 0.25) is 0 Å². The van der Waals surface area contributed by atoms with Gasteiger partial charge in [-0.15, -0.1) is 0 Å². The van der Waals surface area contributed by atoms with Crippen molar-refractivity contribution < 1.29 is 27.3 Å². The molecule has 0 amide bonds. The maximum absolute atomic E-state index is 15.0. The number of benzene rings is 1. The Morgan fingerprint density at radius 3 is 2.62 bits per heavy atom. The predicted octanol–water partition coefficient (Wildman–Crippen LogP) is 7.89. The van der Waals surface area contributed by atoms with E-state index < -0.39 is 19.3 Å². The lowest BCUT2D eigenvalue weighted by Crippen LogP contribution is -2.45. The molecule has 2 heterocycles. The summed E-state index contributed by atoms with van der Waals surface area (Å²) in [6.07, 6.45) is 11.0. The third kappa shape index (κ3) is 5.95. The first-order chi connectivity index (χ1) is 18.8. The molecule has 0 saturated heterocycles. The second kappa shape index (κ2) is 11.9. The Morgan fingerprint density at radius 2 is 1.90 bits per heavy atom. The Balaban J connectivity index is 1.30. The lowest BCUT2D eigenvalue weighted by Gasteiger charge is -2.48. The first kappa shape index (κ1) is 28.7. The second-order valence-electron chi connectivity index (χ2n) is 11.9. The molecule has 1 aromatic heterocycles. The van der Waals surface area contributed by atoms with Gasteiger partial charge in [0.15, 0.2) is 0 Å². The number of hydrogen-bond donors (Lipinski definition) is 0. The van der Waals surface area contributed by atoms with Crippen molar-refractivity contribution in [2.24, 2.45) is 17.3 Å². The molecule has 3 aliphatic rings. The third-order valence-electron chi connectivity index (χ3n) is 8.95. The molecule has 5 rings (SSSR count). The minimum Gasteiger partial charge on any atom is -0.322 e. The number of Topliss-reactive ketones (excluding diaryl/α,β-unsaturated/α-hetero) is 1. The van der Waals surface area contributed by atoms with E-state index in [-0.39, 0.29) is 30.0 Å². The summed E-state index contributed by atoms with van der Waals surface area (Å²) < 4.78 is 48.1. The van der Waals surface area contributed by atoms with Crippen molar-refractivity contribution in [3.63, 3.8) is 0 Å². The summed E-state index contributed by atoms with van der Waals surface area (Å²) in [5.41, 5.74) is 1.69. The summed E-state index contributed by atoms with van der Waals surface area (Å²) in [5.74, 6) is 0.367. The van der Waals surface area contributed by atoms with Crippen LogP contribution in [0.4, 0.5) is 4.39 Å². The molecule has 2 aromatic rings. The number of rotatable bonds is 13. The Labute approximate surface area is 231 Å². The number of carbonyl (C=O) groups excluding carboxylic acids is 1. The highest BCUT2D eigenvalue weighted by atomic mass is 31.2. The van der Waals surface area contributed by atoms with Gasteiger partial charge in [0.1, 0.15) is 11.6 Å². The molecule has 5 atom stereocenters. The highest BCUT2D eigenvalue weighted by Crippen LogP contribution is 2.57. The van der Waals surface area contributed by atoms with Gasteiger partial charge in [0, 0.05) is 23.0 Å². The fourth-order valence-corrected chi connectivity index (χ4v) is 8.44. The van der Waals surface area contributed by atoms with Crippen molar-refractivity contribution in [2.75, 3.05) is 13.2 Å². The Bertz CT molecular complexity index is 1200. The molecule has 0 radical (unpaired) electrons. The lowest BCUT2D eigenvalue weighted by molar-refractivity contribution is -0.135.